The topological polar surface area (TPSA) is 88.5 Å². The third-order valence-electron chi connectivity index (χ3n) is 6.34. The Labute approximate surface area is 201 Å². The van der Waals surface area contributed by atoms with E-state index >= 15 is 0 Å². The van der Waals surface area contributed by atoms with Crippen molar-refractivity contribution in [2.75, 3.05) is 13.7 Å². The van der Waals surface area contributed by atoms with E-state index in [2.05, 4.69) is 4.98 Å². The summed E-state index contributed by atoms with van der Waals surface area (Å²) in [6, 6.07) is 19.6. The monoisotopic (exact) mass is 475 g/mol. The van der Waals surface area contributed by atoms with Crippen LogP contribution in [0.15, 0.2) is 66.7 Å². The van der Waals surface area contributed by atoms with Crippen molar-refractivity contribution in [1.29, 1.82) is 0 Å². The van der Waals surface area contributed by atoms with Gasteiger partial charge in [0, 0.05) is 29.2 Å². The first-order valence-electron chi connectivity index (χ1n) is 10.9. The average molecular weight is 476 g/mol. The van der Waals surface area contributed by atoms with Gasteiger partial charge in [0.05, 0.1) is 24.5 Å². The van der Waals surface area contributed by atoms with Crippen molar-refractivity contribution in [3.8, 4) is 5.75 Å². The van der Waals surface area contributed by atoms with Crippen LogP contribution in [0.1, 0.15) is 28.4 Å². The fourth-order valence-electron chi connectivity index (χ4n) is 4.72. The molecule has 172 valence electrons. The van der Waals surface area contributed by atoms with E-state index in [0.29, 0.717) is 18.5 Å². The number of carbonyl (C=O) groups excluding carboxylic acids is 1. The molecule has 3 aromatic carbocycles. The Morgan fingerprint density at radius 1 is 1.18 bits per heavy atom. The van der Waals surface area contributed by atoms with Crippen molar-refractivity contribution in [3.63, 3.8) is 0 Å². The third kappa shape index (κ3) is 3.88. The minimum atomic E-state index is -0.505. The average Bonchev–Trinajstić information content (AvgIpc) is 3.22. The number of nitrogens with one attached hydrogen (secondary N) is 1. The first-order valence-corrected chi connectivity index (χ1v) is 11.3. The number of methoxy groups -OCH3 is 1. The van der Waals surface area contributed by atoms with Crippen LogP contribution in [0.3, 0.4) is 0 Å². The van der Waals surface area contributed by atoms with E-state index in [1.54, 1.807) is 18.1 Å². The number of nitro groups is 1. The minimum absolute atomic E-state index is 0.0457. The predicted molar refractivity (Wildman–Crippen MR) is 130 cm³/mol. The maximum absolute atomic E-state index is 13.5. The summed E-state index contributed by atoms with van der Waals surface area (Å²) in [6.45, 7) is 0.490. The van der Waals surface area contributed by atoms with Gasteiger partial charge < -0.3 is 14.6 Å². The molecule has 0 saturated heterocycles. The second-order valence-electron chi connectivity index (χ2n) is 8.30. The van der Waals surface area contributed by atoms with Crippen molar-refractivity contribution >= 4 is 34.1 Å². The number of ether oxygens (including phenoxy) is 1. The van der Waals surface area contributed by atoms with Gasteiger partial charge in [-0.2, -0.15) is 0 Å². The predicted octanol–water partition coefficient (Wildman–Crippen LogP) is 5.45. The van der Waals surface area contributed by atoms with E-state index in [1.165, 1.54) is 12.1 Å². The molecule has 5 rings (SSSR count). The molecule has 1 aliphatic rings. The van der Waals surface area contributed by atoms with Gasteiger partial charge in [0.2, 0.25) is 5.91 Å². The SMILES string of the molecule is COc1ccc2[nH]c3c(c2c1)CCN(C(=O)Cc1ccccc1)[C@H]3c1ccc(Cl)c([N+](=O)[O-])c1. The van der Waals surface area contributed by atoms with E-state index in [9.17, 15) is 14.9 Å². The summed E-state index contributed by atoms with van der Waals surface area (Å²) in [7, 11) is 1.62. The van der Waals surface area contributed by atoms with Gasteiger partial charge in [-0.25, -0.2) is 0 Å². The molecule has 1 aromatic heterocycles. The van der Waals surface area contributed by atoms with Gasteiger partial charge >= 0.3 is 0 Å². The van der Waals surface area contributed by atoms with Crippen LogP contribution < -0.4 is 4.74 Å². The van der Waals surface area contributed by atoms with Crippen LogP contribution in [0.4, 0.5) is 5.69 Å². The molecule has 1 amide bonds. The Morgan fingerprint density at radius 2 is 1.97 bits per heavy atom. The number of hydrogen-bond acceptors (Lipinski definition) is 4. The molecule has 34 heavy (non-hydrogen) atoms. The summed E-state index contributed by atoms with van der Waals surface area (Å²) in [5.74, 6) is 0.700. The highest BCUT2D eigenvalue weighted by molar-refractivity contribution is 6.32. The van der Waals surface area contributed by atoms with Gasteiger partial charge in [0.25, 0.3) is 5.69 Å². The first kappa shape index (κ1) is 22.0. The Balaban J connectivity index is 1.64. The largest absolute Gasteiger partial charge is 0.497 e. The van der Waals surface area contributed by atoms with Crippen molar-refractivity contribution in [1.82, 2.24) is 9.88 Å². The van der Waals surface area contributed by atoms with Gasteiger partial charge in [-0.15, -0.1) is 0 Å². The smallest absolute Gasteiger partial charge is 0.288 e. The lowest BCUT2D eigenvalue weighted by Crippen LogP contribution is -2.41. The van der Waals surface area contributed by atoms with Crippen LogP contribution >= 0.6 is 11.6 Å². The lowest BCUT2D eigenvalue weighted by atomic mass is 9.91. The zero-order chi connectivity index (χ0) is 23.8. The quantitative estimate of drug-likeness (QED) is 0.307. The number of benzene rings is 3. The van der Waals surface area contributed by atoms with E-state index < -0.39 is 11.0 Å². The number of fused-ring (bicyclic) bond motifs is 3. The number of H-pyrrole nitrogens is 1. The maximum atomic E-state index is 13.5. The van der Waals surface area contributed by atoms with E-state index in [-0.39, 0.29) is 23.0 Å². The fourth-order valence-corrected chi connectivity index (χ4v) is 4.91. The van der Waals surface area contributed by atoms with Crippen LogP contribution in [-0.4, -0.2) is 34.4 Å². The molecular weight excluding hydrogens is 454 g/mol. The van der Waals surface area contributed by atoms with Crippen molar-refractivity contribution in [2.24, 2.45) is 0 Å². The summed E-state index contributed by atoms with van der Waals surface area (Å²) in [6.07, 6.45) is 0.908. The second-order valence-corrected chi connectivity index (χ2v) is 8.71. The Morgan fingerprint density at radius 3 is 2.71 bits per heavy atom. The molecule has 0 bridgehead atoms. The van der Waals surface area contributed by atoms with Crippen molar-refractivity contribution in [2.45, 2.75) is 18.9 Å². The summed E-state index contributed by atoms with van der Waals surface area (Å²) >= 11 is 6.09. The number of aromatic nitrogens is 1. The Bertz CT molecular complexity index is 1400. The first-order chi connectivity index (χ1) is 16.5. The van der Waals surface area contributed by atoms with E-state index in [0.717, 1.165) is 33.5 Å². The summed E-state index contributed by atoms with van der Waals surface area (Å²) < 4.78 is 5.41. The summed E-state index contributed by atoms with van der Waals surface area (Å²) in [4.78, 5) is 29.9. The summed E-state index contributed by atoms with van der Waals surface area (Å²) in [5.41, 5.74) is 4.24. The molecule has 0 radical (unpaired) electrons. The van der Waals surface area contributed by atoms with Gasteiger partial charge in [-0.05, 0) is 47.4 Å². The van der Waals surface area contributed by atoms with Gasteiger partial charge in [-0.1, -0.05) is 48.0 Å². The molecule has 0 spiro atoms. The van der Waals surface area contributed by atoms with Crippen LogP contribution in [0.2, 0.25) is 5.02 Å². The molecule has 8 heteroatoms. The number of rotatable bonds is 5. The zero-order valence-electron chi connectivity index (χ0n) is 18.5. The molecule has 1 aliphatic heterocycles. The number of amides is 1. The third-order valence-corrected chi connectivity index (χ3v) is 6.65. The Hall–Kier alpha value is -3.84. The molecule has 1 N–H and O–H groups in total. The molecule has 0 unspecified atom stereocenters. The molecule has 2 heterocycles. The number of halogens is 1. The fraction of sp³-hybridized carbons (Fsp3) is 0.192. The Kier molecular flexibility index (Phi) is 5.71. The van der Waals surface area contributed by atoms with Gasteiger partial charge in [0.1, 0.15) is 10.8 Å². The van der Waals surface area contributed by atoms with Crippen LogP contribution in [0.5, 0.6) is 5.75 Å². The van der Waals surface area contributed by atoms with E-state index in [4.69, 9.17) is 16.3 Å². The van der Waals surface area contributed by atoms with Crippen molar-refractivity contribution < 1.29 is 14.5 Å². The lowest BCUT2D eigenvalue weighted by Gasteiger charge is -2.36. The highest BCUT2D eigenvalue weighted by atomic mass is 35.5. The number of nitro benzene ring substituents is 1. The van der Waals surface area contributed by atoms with Crippen LogP contribution in [0, 0.1) is 10.1 Å². The maximum Gasteiger partial charge on any atom is 0.288 e. The van der Waals surface area contributed by atoms with Crippen LogP contribution in [0.25, 0.3) is 10.9 Å². The van der Waals surface area contributed by atoms with Gasteiger partial charge in [0.15, 0.2) is 0 Å². The number of aromatic amines is 1. The lowest BCUT2D eigenvalue weighted by molar-refractivity contribution is -0.384. The molecular formula is C26H22ClN3O4. The number of hydrogen-bond donors (Lipinski definition) is 1. The zero-order valence-corrected chi connectivity index (χ0v) is 19.2. The highest BCUT2D eigenvalue weighted by Gasteiger charge is 2.35. The molecule has 0 aliphatic carbocycles. The molecule has 0 fully saturated rings. The minimum Gasteiger partial charge on any atom is -0.497 e. The van der Waals surface area contributed by atoms with Crippen LogP contribution in [-0.2, 0) is 17.6 Å². The molecule has 7 nitrogen and oxygen atoms in total. The molecule has 1 atom stereocenters. The number of nitrogens with zero attached hydrogens (tertiary/aromatic N) is 2. The number of carbonyl (C=O) groups is 1. The van der Waals surface area contributed by atoms with Gasteiger partial charge in [-0.3, -0.25) is 14.9 Å². The normalized spacial score (nSPS) is 15.2. The van der Waals surface area contributed by atoms with Crippen molar-refractivity contribution in [3.05, 3.63) is 104 Å². The standard InChI is InChI=1S/C26H22ClN3O4/c1-34-18-8-10-22-20(15-18)19-11-12-29(24(31)13-16-5-3-2-4-6-16)26(25(19)28-22)17-7-9-21(27)23(14-17)30(32)33/h2-10,14-15,26,28H,11-13H2,1H3/t26-/m0/s1. The van der Waals surface area contributed by atoms with E-state index in [1.807, 2.05) is 48.5 Å². The highest BCUT2D eigenvalue weighted by Crippen LogP contribution is 2.41. The molecule has 0 saturated carbocycles. The second kappa shape index (κ2) is 8.83. The molecule has 4 aromatic rings. The summed E-state index contributed by atoms with van der Waals surface area (Å²) in [5, 5.41) is 12.7.